The van der Waals surface area contributed by atoms with Crippen LogP contribution in [0.25, 0.3) is 0 Å². The van der Waals surface area contributed by atoms with Crippen molar-refractivity contribution in [3.8, 4) is 0 Å². The van der Waals surface area contributed by atoms with Gasteiger partial charge in [-0.15, -0.1) is 0 Å². The Hall–Kier alpha value is -1.73. The summed E-state index contributed by atoms with van der Waals surface area (Å²) in [5, 5.41) is 43.6. The zero-order valence-corrected chi connectivity index (χ0v) is 34.8. The Morgan fingerprint density at radius 1 is 0.453 bits per heavy atom. The third-order valence-corrected chi connectivity index (χ3v) is 10.2. The first-order chi connectivity index (χ1) is 26.0. The Balaban J connectivity index is 3.81. The van der Waals surface area contributed by atoms with Crippen LogP contribution in [0.2, 0.25) is 0 Å². The molecule has 53 heavy (non-hydrogen) atoms. The van der Waals surface area contributed by atoms with E-state index in [0.717, 1.165) is 64.2 Å². The Morgan fingerprint density at radius 3 is 1.23 bits per heavy atom. The second-order valence-electron chi connectivity index (χ2n) is 15.4. The standard InChI is InChI=1S/C47H87NO5/c1-3-5-7-9-11-13-15-17-19-21-22-23-24-25-27-29-31-33-35-37-39-41-45(51)47(53)48-43(42-49)46(52)44(50)40-38-36-34-32-30-28-26-20-18-16-14-12-10-8-6-4-2/h12,14,20,24-26,32,34,43-46,49-52H,3-11,13,15-19,21-23,27-31,33,35-42H2,1-2H3,(H,48,53)/b14-12+,25-24-,26-20+,34-32+. The summed E-state index contributed by atoms with van der Waals surface area (Å²) in [7, 11) is 0. The highest BCUT2D eigenvalue weighted by Gasteiger charge is 2.28. The SMILES string of the molecule is CCCCC/C=C/CC/C=C/CC/C=C/CCCC(O)C(O)C(CO)NC(=O)C(O)CCCCCCCC/C=C\CCCCCCCCCCCCC. The lowest BCUT2D eigenvalue weighted by Gasteiger charge is -2.27. The molecule has 0 aromatic rings. The van der Waals surface area contributed by atoms with Gasteiger partial charge in [-0.05, 0) is 89.9 Å². The first-order valence-corrected chi connectivity index (χ1v) is 22.5. The molecule has 0 aromatic carbocycles. The fourth-order valence-electron chi connectivity index (χ4n) is 6.61. The molecule has 0 aliphatic carbocycles. The molecule has 0 radical (unpaired) electrons. The number of carbonyl (C=O) groups is 1. The van der Waals surface area contributed by atoms with Crippen molar-refractivity contribution >= 4 is 5.91 Å². The number of allylic oxidation sites excluding steroid dienone is 8. The lowest BCUT2D eigenvalue weighted by molar-refractivity contribution is -0.132. The summed E-state index contributed by atoms with van der Waals surface area (Å²) in [4.78, 5) is 12.5. The number of carbonyl (C=O) groups excluding carboxylic acids is 1. The minimum Gasteiger partial charge on any atom is -0.394 e. The van der Waals surface area contributed by atoms with Crippen LogP contribution in [0.15, 0.2) is 48.6 Å². The van der Waals surface area contributed by atoms with Crippen molar-refractivity contribution < 1.29 is 25.2 Å². The van der Waals surface area contributed by atoms with Crippen LogP contribution in [0.4, 0.5) is 0 Å². The first kappa shape index (κ1) is 51.3. The normalized spacial score (nSPS) is 14.6. The van der Waals surface area contributed by atoms with Gasteiger partial charge in [-0.1, -0.05) is 172 Å². The third-order valence-electron chi connectivity index (χ3n) is 10.2. The van der Waals surface area contributed by atoms with Crippen LogP contribution >= 0.6 is 0 Å². The summed E-state index contributed by atoms with van der Waals surface area (Å²) in [6, 6.07) is -1.01. The largest absolute Gasteiger partial charge is 0.394 e. The molecule has 0 aliphatic heterocycles. The summed E-state index contributed by atoms with van der Waals surface area (Å²) < 4.78 is 0. The number of nitrogens with one attached hydrogen (secondary N) is 1. The third kappa shape index (κ3) is 35.7. The Kier molecular flexibility index (Phi) is 40.1. The molecule has 0 aliphatic rings. The van der Waals surface area contributed by atoms with Gasteiger partial charge in [0.15, 0.2) is 0 Å². The summed E-state index contributed by atoms with van der Waals surface area (Å²) in [5.74, 6) is -0.605. The van der Waals surface area contributed by atoms with Crippen molar-refractivity contribution in [2.75, 3.05) is 6.61 Å². The highest BCUT2D eigenvalue weighted by Crippen LogP contribution is 2.14. The van der Waals surface area contributed by atoms with Crippen LogP contribution in [-0.4, -0.2) is 57.3 Å². The van der Waals surface area contributed by atoms with Crippen LogP contribution in [0, 0.1) is 0 Å². The van der Waals surface area contributed by atoms with Crippen molar-refractivity contribution in [1.29, 1.82) is 0 Å². The number of aliphatic hydroxyl groups is 4. The van der Waals surface area contributed by atoms with Crippen LogP contribution in [-0.2, 0) is 4.79 Å². The molecular formula is C47H87NO5. The van der Waals surface area contributed by atoms with Crippen LogP contribution in [0.1, 0.15) is 213 Å². The van der Waals surface area contributed by atoms with Gasteiger partial charge in [0.1, 0.15) is 12.2 Å². The maximum Gasteiger partial charge on any atom is 0.249 e. The fourth-order valence-corrected chi connectivity index (χ4v) is 6.61. The van der Waals surface area contributed by atoms with Crippen LogP contribution in [0.3, 0.4) is 0 Å². The molecule has 0 saturated carbocycles. The van der Waals surface area contributed by atoms with E-state index in [-0.39, 0.29) is 0 Å². The van der Waals surface area contributed by atoms with Gasteiger partial charge in [-0.2, -0.15) is 0 Å². The van der Waals surface area contributed by atoms with Gasteiger partial charge in [0.05, 0.1) is 18.8 Å². The molecule has 1 amide bonds. The van der Waals surface area contributed by atoms with E-state index >= 15 is 0 Å². The second kappa shape index (κ2) is 41.4. The Bertz CT molecular complexity index is 884. The maximum atomic E-state index is 12.5. The molecule has 0 rings (SSSR count). The zero-order valence-electron chi connectivity index (χ0n) is 34.8. The summed E-state index contributed by atoms with van der Waals surface area (Å²) in [6.07, 6.45) is 50.0. The topological polar surface area (TPSA) is 110 Å². The number of hydrogen-bond acceptors (Lipinski definition) is 5. The Morgan fingerprint density at radius 2 is 0.792 bits per heavy atom. The van der Waals surface area contributed by atoms with Crippen molar-refractivity contribution in [1.82, 2.24) is 5.32 Å². The van der Waals surface area contributed by atoms with E-state index in [0.29, 0.717) is 19.3 Å². The van der Waals surface area contributed by atoms with E-state index in [9.17, 15) is 25.2 Å². The van der Waals surface area contributed by atoms with E-state index in [4.69, 9.17) is 0 Å². The molecule has 4 atom stereocenters. The van der Waals surface area contributed by atoms with Gasteiger partial charge in [0.2, 0.25) is 5.91 Å². The van der Waals surface area contributed by atoms with E-state index in [1.54, 1.807) is 0 Å². The van der Waals surface area contributed by atoms with Crippen molar-refractivity contribution in [2.24, 2.45) is 0 Å². The molecule has 0 fully saturated rings. The Labute approximate surface area is 328 Å². The molecule has 5 N–H and O–H groups in total. The van der Waals surface area contributed by atoms with Crippen molar-refractivity contribution in [3.63, 3.8) is 0 Å². The maximum absolute atomic E-state index is 12.5. The molecule has 0 heterocycles. The first-order valence-electron chi connectivity index (χ1n) is 22.5. The minimum absolute atomic E-state index is 0.350. The zero-order chi connectivity index (χ0) is 38.9. The molecule has 0 aromatic heterocycles. The summed E-state index contributed by atoms with van der Waals surface area (Å²) in [6.45, 7) is 4.00. The second-order valence-corrected chi connectivity index (χ2v) is 15.4. The average molecular weight is 746 g/mol. The van der Waals surface area contributed by atoms with Crippen LogP contribution in [0.5, 0.6) is 0 Å². The van der Waals surface area contributed by atoms with Gasteiger partial charge < -0.3 is 25.7 Å². The summed E-state index contributed by atoms with van der Waals surface area (Å²) >= 11 is 0. The molecule has 6 nitrogen and oxygen atoms in total. The molecule has 310 valence electrons. The van der Waals surface area contributed by atoms with Crippen molar-refractivity contribution in [3.05, 3.63) is 48.6 Å². The monoisotopic (exact) mass is 746 g/mol. The summed E-state index contributed by atoms with van der Waals surface area (Å²) in [5.41, 5.74) is 0. The predicted octanol–water partition coefficient (Wildman–Crippen LogP) is 11.9. The van der Waals surface area contributed by atoms with Crippen molar-refractivity contribution in [2.45, 2.75) is 237 Å². The molecule has 0 saturated heterocycles. The number of hydrogen-bond donors (Lipinski definition) is 5. The van der Waals surface area contributed by atoms with Crippen LogP contribution < -0.4 is 5.32 Å². The lowest BCUT2D eigenvalue weighted by Crippen LogP contribution is -2.53. The minimum atomic E-state index is -1.30. The average Bonchev–Trinajstić information content (AvgIpc) is 3.16. The molecule has 6 heteroatoms. The van der Waals surface area contributed by atoms with E-state index in [1.165, 1.54) is 116 Å². The van der Waals surface area contributed by atoms with Gasteiger partial charge >= 0.3 is 0 Å². The van der Waals surface area contributed by atoms with E-state index in [1.807, 2.05) is 0 Å². The number of aliphatic hydroxyl groups excluding tert-OH is 4. The smallest absolute Gasteiger partial charge is 0.249 e. The molecule has 4 unspecified atom stereocenters. The molecular weight excluding hydrogens is 659 g/mol. The van der Waals surface area contributed by atoms with Gasteiger partial charge in [0.25, 0.3) is 0 Å². The highest BCUT2D eigenvalue weighted by molar-refractivity contribution is 5.80. The predicted molar refractivity (Wildman–Crippen MR) is 228 cm³/mol. The molecule has 0 bridgehead atoms. The molecule has 0 spiro atoms. The fraction of sp³-hybridized carbons (Fsp3) is 0.809. The quantitative estimate of drug-likeness (QED) is 0.0317. The van der Waals surface area contributed by atoms with Gasteiger partial charge in [-0.3, -0.25) is 4.79 Å². The van der Waals surface area contributed by atoms with E-state index in [2.05, 4.69) is 67.8 Å². The number of amides is 1. The van der Waals surface area contributed by atoms with Gasteiger partial charge in [-0.25, -0.2) is 0 Å². The lowest BCUT2D eigenvalue weighted by atomic mass is 10.00. The number of rotatable bonds is 40. The van der Waals surface area contributed by atoms with Gasteiger partial charge in [0, 0.05) is 0 Å². The van der Waals surface area contributed by atoms with E-state index < -0.39 is 36.9 Å². The highest BCUT2D eigenvalue weighted by atomic mass is 16.3. The number of unbranched alkanes of at least 4 members (excludes halogenated alkanes) is 23.